The molecule has 0 N–H and O–H groups in total. The highest BCUT2D eigenvalue weighted by Gasteiger charge is 2.37. The molecule has 0 spiro atoms. The number of fused-ring (bicyclic) bond motifs is 5. The molecule has 0 amide bonds. The molecule has 182 valence electrons. The van der Waals surface area contributed by atoms with Crippen LogP contribution in [0, 0.1) is 17.8 Å². The Kier molecular flexibility index (Phi) is 5.87. The maximum Gasteiger partial charge on any atom is 0.0137 e. The van der Waals surface area contributed by atoms with Gasteiger partial charge in [0.25, 0.3) is 0 Å². The summed E-state index contributed by atoms with van der Waals surface area (Å²) in [6.45, 7) is 0. The van der Waals surface area contributed by atoms with Gasteiger partial charge in [-0.25, -0.2) is 0 Å². The molecule has 0 nitrogen and oxygen atoms in total. The summed E-state index contributed by atoms with van der Waals surface area (Å²) in [6, 6.07) is 37.3. The zero-order chi connectivity index (χ0) is 25.3. The number of allylic oxidation sites excluding steroid dienone is 9. The normalized spacial score (nSPS) is 23.9. The Hall–Kier alpha value is -4.42. The molecule has 0 fully saturated rings. The van der Waals surface area contributed by atoms with Crippen LogP contribution in [0.3, 0.4) is 0 Å². The fourth-order valence-electron chi connectivity index (χ4n) is 6.71. The molecule has 7 rings (SSSR count). The van der Waals surface area contributed by atoms with Crippen LogP contribution in [-0.2, 0) is 0 Å². The SMILES string of the molecule is C1=CC2C(C3=Cc4ccccc4C4C=CC=CC34)=c3ccccc3=C(c3ccccccccc3)C2C=C1. The maximum absolute atomic E-state index is 2.48. The molecule has 0 aliphatic heterocycles. The van der Waals surface area contributed by atoms with Crippen LogP contribution in [0.4, 0.5) is 0 Å². The molecular formula is C38H30. The van der Waals surface area contributed by atoms with E-state index >= 15 is 0 Å². The van der Waals surface area contributed by atoms with Gasteiger partial charge in [-0.1, -0.05) is 158 Å². The van der Waals surface area contributed by atoms with Crippen molar-refractivity contribution in [1.82, 2.24) is 0 Å². The second-order valence-electron chi connectivity index (χ2n) is 10.4. The van der Waals surface area contributed by atoms with Crippen LogP contribution >= 0.6 is 0 Å². The second kappa shape index (κ2) is 9.80. The average Bonchev–Trinajstić information content (AvgIpc) is 2.98. The first-order valence-corrected chi connectivity index (χ1v) is 13.6. The first-order chi connectivity index (χ1) is 18.9. The minimum atomic E-state index is 0.274. The van der Waals surface area contributed by atoms with Crippen molar-refractivity contribution in [2.75, 3.05) is 0 Å². The van der Waals surface area contributed by atoms with E-state index in [1.165, 1.54) is 43.8 Å². The highest BCUT2D eigenvalue weighted by Crippen LogP contribution is 2.49. The first-order valence-electron chi connectivity index (χ1n) is 13.6. The Morgan fingerprint density at radius 2 is 0.895 bits per heavy atom. The second-order valence-corrected chi connectivity index (χ2v) is 10.4. The Balaban J connectivity index is 1.57. The summed E-state index contributed by atoms with van der Waals surface area (Å²) in [7, 11) is 0. The van der Waals surface area contributed by atoms with Gasteiger partial charge in [0.2, 0.25) is 0 Å². The molecule has 4 atom stereocenters. The first kappa shape index (κ1) is 22.8. The minimum Gasteiger partial charge on any atom is -0.0761 e. The van der Waals surface area contributed by atoms with E-state index in [2.05, 4.69) is 158 Å². The Morgan fingerprint density at radius 3 is 1.61 bits per heavy atom. The van der Waals surface area contributed by atoms with Crippen molar-refractivity contribution < 1.29 is 0 Å². The molecule has 0 heterocycles. The van der Waals surface area contributed by atoms with Gasteiger partial charge in [-0.3, -0.25) is 0 Å². The van der Waals surface area contributed by atoms with E-state index in [4.69, 9.17) is 0 Å². The number of rotatable bonds is 2. The molecule has 0 saturated carbocycles. The highest BCUT2D eigenvalue weighted by molar-refractivity contribution is 5.86. The molecule has 0 saturated heterocycles. The van der Waals surface area contributed by atoms with Gasteiger partial charge < -0.3 is 0 Å². The van der Waals surface area contributed by atoms with Crippen molar-refractivity contribution >= 4 is 17.2 Å². The lowest BCUT2D eigenvalue weighted by Crippen LogP contribution is -2.41. The topological polar surface area (TPSA) is 0 Å². The smallest absolute Gasteiger partial charge is 0.0137 e. The maximum atomic E-state index is 2.48. The van der Waals surface area contributed by atoms with E-state index in [9.17, 15) is 0 Å². The van der Waals surface area contributed by atoms with Crippen LogP contribution in [0.25, 0.3) is 17.2 Å². The van der Waals surface area contributed by atoms with E-state index in [0.29, 0.717) is 11.8 Å². The summed E-state index contributed by atoms with van der Waals surface area (Å²) >= 11 is 0. The molecule has 0 aromatic heterocycles. The number of hydrogen-bond acceptors (Lipinski definition) is 0. The quantitative estimate of drug-likeness (QED) is 0.353. The van der Waals surface area contributed by atoms with Gasteiger partial charge in [-0.15, -0.1) is 0 Å². The summed E-state index contributed by atoms with van der Waals surface area (Å²) in [5, 5.41) is 2.71. The van der Waals surface area contributed by atoms with Crippen LogP contribution in [0.5, 0.6) is 0 Å². The summed E-state index contributed by atoms with van der Waals surface area (Å²) in [6.07, 6.45) is 21.0. The molecule has 0 heteroatoms. The highest BCUT2D eigenvalue weighted by atomic mass is 14.4. The third-order valence-electron chi connectivity index (χ3n) is 8.31. The molecule has 0 bridgehead atoms. The summed E-state index contributed by atoms with van der Waals surface area (Å²) < 4.78 is 0. The monoisotopic (exact) mass is 486 g/mol. The third kappa shape index (κ3) is 3.85. The molecule has 3 aromatic rings. The largest absolute Gasteiger partial charge is 0.0761 e. The predicted molar refractivity (Wildman–Crippen MR) is 160 cm³/mol. The lowest BCUT2D eigenvalue weighted by atomic mass is 9.64. The average molecular weight is 487 g/mol. The summed E-state index contributed by atoms with van der Waals surface area (Å²) in [5.74, 6) is 1.27. The van der Waals surface area contributed by atoms with Gasteiger partial charge in [0, 0.05) is 23.7 Å². The Labute approximate surface area is 225 Å². The molecule has 4 aliphatic carbocycles. The number of benzene rings is 2. The molecule has 3 aromatic carbocycles. The van der Waals surface area contributed by atoms with Crippen molar-refractivity contribution in [3.8, 4) is 0 Å². The van der Waals surface area contributed by atoms with Crippen LogP contribution < -0.4 is 10.4 Å². The fourth-order valence-corrected chi connectivity index (χ4v) is 6.71. The Bertz CT molecular complexity index is 1710. The van der Waals surface area contributed by atoms with Crippen LogP contribution in [0.2, 0.25) is 0 Å². The van der Waals surface area contributed by atoms with Crippen molar-refractivity contribution in [2.45, 2.75) is 5.92 Å². The Morgan fingerprint density at radius 1 is 0.395 bits per heavy atom. The van der Waals surface area contributed by atoms with Crippen LogP contribution in [-0.4, -0.2) is 0 Å². The van der Waals surface area contributed by atoms with Crippen LogP contribution in [0.15, 0.2) is 157 Å². The van der Waals surface area contributed by atoms with Crippen molar-refractivity contribution in [1.29, 1.82) is 0 Å². The molecular weight excluding hydrogens is 456 g/mol. The standard InChI is InChI=1S/C38H30/c1-2-4-6-16-27(17-7-5-3-1)37-32-22-12-14-24-34(32)38(35-25-15-13-23-33(35)37)36-26-28-18-8-9-19-29(28)30-20-10-11-21-31(30)36/h1-26,30-32,34H. The zero-order valence-corrected chi connectivity index (χ0v) is 21.3. The summed E-state index contributed by atoms with van der Waals surface area (Å²) in [4.78, 5) is 0. The zero-order valence-electron chi connectivity index (χ0n) is 21.3. The van der Waals surface area contributed by atoms with Gasteiger partial charge in [-0.05, 0) is 43.8 Å². The van der Waals surface area contributed by atoms with Crippen LogP contribution in [0.1, 0.15) is 22.6 Å². The predicted octanol–water partition coefficient (Wildman–Crippen LogP) is 7.46. The van der Waals surface area contributed by atoms with E-state index in [1.807, 2.05) is 0 Å². The van der Waals surface area contributed by atoms with E-state index in [0.717, 1.165) is 0 Å². The lowest BCUT2D eigenvalue weighted by molar-refractivity contribution is 0.632. The van der Waals surface area contributed by atoms with E-state index in [1.54, 1.807) is 0 Å². The molecule has 0 radical (unpaired) electrons. The van der Waals surface area contributed by atoms with Crippen molar-refractivity contribution in [3.05, 3.63) is 184 Å². The van der Waals surface area contributed by atoms with Gasteiger partial charge >= 0.3 is 0 Å². The van der Waals surface area contributed by atoms with Gasteiger partial charge in [-0.2, -0.15) is 0 Å². The van der Waals surface area contributed by atoms with E-state index in [-0.39, 0.29) is 11.8 Å². The van der Waals surface area contributed by atoms with Crippen molar-refractivity contribution in [3.63, 3.8) is 0 Å². The van der Waals surface area contributed by atoms with Gasteiger partial charge in [0.05, 0.1) is 0 Å². The van der Waals surface area contributed by atoms with Crippen molar-refractivity contribution in [2.24, 2.45) is 17.8 Å². The van der Waals surface area contributed by atoms with E-state index < -0.39 is 0 Å². The summed E-state index contributed by atoms with van der Waals surface area (Å²) in [5.41, 5.74) is 8.38. The fraction of sp³-hybridized carbons (Fsp3) is 0.105. The molecule has 4 unspecified atom stereocenters. The van der Waals surface area contributed by atoms with Gasteiger partial charge in [0.15, 0.2) is 0 Å². The number of hydrogen-bond donors (Lipinski definition) is 0. The third-order valence-corrected chi connectivity index (χ3v) is 8.31. The minimum absolute atomic E-state index is 0.274. The van der Waals surface area contributed by atoms with Gasteiger partial charge in [0.1, 0.15) is 0 Å². The molecule has 4 aliphatic rings. The molecule has 38 heavy (non-hydrogen) atoms. The lowest BCUT2D eigenvalue weighted by Gasteiger charge is -2.39.